The molecule has 1 aromatic heterocycles. The largest absolute Gasteiger partial charge is 0.367 e. The van der Waals surface area contributed by atoms with Gasteiger partial charge in [0, 0.05) is 64.8 Å². The van der Waals surface area contributed by atoms with E-state index in [1.807, 2.05) is 24.0 Å². The van der Waals surface area contributed by atoms with E-state index in [4.69, 9.17) is 0 Å². The summed E-state index contributed by atoms with van der Waals surface area (Å²) in [5, 5.41) is 0. The first kappa shape index (κ1) is 19.6. The quantitative estimate of drug-likeness (QED) is 0.778. The molecule has 2 aromatic rings. The van der Waals surface area contributed by atoms with Gasteiger partial charge in [0.15, 0.2) is 0 Å². The van der Waals surface area contributed by atoms with E-state index >= 15 is 0 Å². The molecule has 0 aliphatic carbocycles. The van der Waals surface area contributed by atoms with E-state index in [0.717, 1.165) is 45.2 Å². The number of piperazine rings is 2. The Morgan fingerprint density at radius 3 is 2.17 bits per heavy atom. The number of hydrogen-bond donors (Lipinski definition) is 0. The molecule has 2 fully saturated rings. The molecule has 1 atom stereocenters. The van der Waals surface area contributed by atoms with Crippen molar-refractivity contribution >= 4 is 17.5 Å². The van der Waals surface area contributed by atoms with Crippen molar-refractivity contribution in [2.24, 2.45) is 0 Å². The maximum atomic E-state index is 14.0. The summed E-state index contributed by atoms with van der Waals surface area (Å²) in [5.41, 5.74) is 0.644. The molecule has 0 N–H and O–H groups in total. The van der Waals surface area contributed by atoms with Crippen LogP contribution in [0, 0.1) is 5.82 Å². The number of rotatable bonds is 4. The lowest BCUT2D eigenvalue weighted by Crippen LogP contribution is -2.57. The summed E-state index contributed by atoms with van der Waals surface area (Å²) in [6.45, 7) is 7.75. The van der Waals surface area contributed by atoms with Gasteiger partial charge in [-0.2, -0.15) is 0 Å². The van der Waals surface area contributed by atoms with E-state index in [-0.39, 0.29) is 17.8 Å². The molecule has 29 heavy (non-hydrogen) atoms. The number of carbonyl (C=O) groups is 1. The summed E-state index contributed by atoms with van der Waals surface area (Å²) in [7, 11) is 0. The minimum atomic E-state index is -0.189. The fourth-order valence-electron chi connectivity index (χ4n) is 4.06. The second-order valence-electron chi connectivity index (χ2n) is 7.51. The Balaban J connectivity index is 1.29. The van der Waals surface area contributed by atoms with Crippen molar-refractivity contribution in [2.45, 2.75) is 13.0 Å². The number of nitrogens with zero attached hydrogens (tertiary/aromatic N) is 6. The van der Waals surface area contributed by atoms with Gasteiger partial charge in [0.05, 0.1) is 11.7 Å². The monoisotopic (exact) mass is 398 g/mol. The normalized spacial score (nSPS) is 19.3. The maximum Gasteiger partial charge on any atom is 0.239 e. The molecule has 0 radical (unpaired) electrons. The molecular formula is C21H27FN6O. The van der Waals surface area contributed by atoms with Gasteiger partial charge in [-0.1, -0.05) is 12.1 Å². The molecule has 3 heterocycles. The number of amides is 1. The lowest BCUT2D eigenvalue weighted by atomic mass is 10.1. The van der Waals surface area contributed by atoms with Crippen LogP contribution in [0.15, 0.2) is 42.7 Å². The highest BCUT2D eigenvalue weighted by Gasteiger charge is 2.31. The van der Waals surface area contributed by atoms with Gasteiger partial charge in [-0.05, 0) is 25.1 Å². The fraction of sp³-hybridized carbons (Fsp3) is 0.476. The third kappa shape index (κ3) is 4.32. The molecule has 1 unspecified atom stereocenters. The van der Waals surface area contributed by atoms with Crippen molar-refractivity contribution < 1.29 is 9.18 Å². The third-order valence-electron chi connectivity index (χ3n) is 5.84. The van der Waals surface area contributed by atoms with Crippen LogP contribution in [0.5, 0.6) is 0 Å². The number of anilines is 2. The molecule has 2 aliphatic heterocycles. The van der Waals surface area contributed by atoms with Crippen LogP contribution in [0.2, 0.25) is 0 Å². The van der Waals surface area contributed by atoms with Crippen LogP contribution in [0.1, 0.15) is 6.92 Å². The number of benzene rings is 1. The van der Waals surface area contributed by atoms with Crippen LogP contribution in [0.25, 0.3) is 0 Å². The standard InChI is InChI=1S/C21H27FN6O/c1-17(25-9-11-26(12-10-25)19-6-3-2-5-18(19)22)20(29)27-13-15-28(16-14-27)21-23-7-4-8-24-21/h2-8,17H,9-16H2,1H3. The van der Waals surface area contributed by atoms with E-state index in [1.54, 1.807) is 24.5 Å². The van der Waals surface area contributed by atoms with Crippen molar-refractivity contribution in [3.63, 3.8) is 0 Å². The van der Waals surface area contributed by atoms with Gasteiger partial charge in [-0.15, -0.1) is 0 Å². The van der Waals surface area contributed by atoms with Crippen molar-refractivity contribution in [1.82, 2.24) is 19.8 Å². The summed E-state index contributed by atoms with van der Waals surface area (Å²) < 4.78 is 14.0. The highest BCUT2D eigenvalue weighted by molar-refractivity contribution is 5.81. The number of aromatic nitrogens is 2. The fourth-order valence-corrected chi connectivity index (χ4v) is 4.06. The molecule has 0 bridgehead atoms. The van der Waals surface area contributed by atoms with Crippen LogP contribution in [-0.4, -0.2) is 84.1 Å². The topological polar surface area (TPSA) is 55.8 Å². The average molecular weight is 398 g/mol. The summed E-state index contributed by atoms with van der Waals surface area (Å²) >= 11 is 0. The zero-order chi connectivity index (χ0) is 20.2. The zero-order valence-electron chi connectivity index (χ0n) is 16.7. The second kappa shape index (κ2) is 8.73. The maximum absolute atomic E-state index is 14.0. The van der Waals surface area contributed by atoms with Crippen LogP contribution in [-0.2, 0) is 4.79 Å². The molecule has 0 saturated carbocycles. The number of halogens is 1. The second-order valence-corrected chi connectivity index (χ2v) is 7.51. The zero-order valence-corrected chi connectivity index (χ0v) is 16.7. The number of para-hydroxylation sites is 1. The van der Waals surface area contributed by atoms with E-state index in [2.05, 4.69) is 24.7 Å². The first-order valence-electron chi connectivity index (χ1n) is 10.2. The first-order valence-corrected chi connectivity index (χ1v) is 10.2. The van der Waals surface area contributed by atoms with Crippen molar-refractivity contribution in [2.75, 3.05) is 62.2 Å². The molecule has 154 valence electrons. The highest BCUT2D eigenvalue weighted by Crippen LogP contribution is 2.21. The predicted molar refractivity (Wildman–Crippen MR) is 110 cm³/mol. The van der Waals surface area contributed by atoms with Gasteiger partial charge in [-0.3, -0.25) is 9.69 Å². The average Bonchev–Trinajstić information content (AvgIpc) is 2.79. The van der Waals surface area contributed by atoms with E-state index in [0.29, 0.717) is 18.8 Å². The Labute approximate surface area is 170 Å². The van der Waals surface area contributed by atoms with Crippen LogP contribution >= 0.6 is 0 Å². The minimum absolute atomic E-state index is 0.165. The van der Waals surface area contributed by atoms with E-state index in [1.165, 1.54) is 6.07 Å². The van der Waals surface area contributed by atoms with Gasteiger partial charge in [0.25, 0.3) is 0 Å². The Morgan fingerprint density at radius 1 is 0.897 bits per heavy atom. The SMILES string of the molecule is CC(C(=O)N1CCN(c2ncccn2)CC1)N1CCN(c2ccccc2F)CC1. The molecule has 2 saturated heterocycles. The summed E-state index contributed by atoms with van der Waals surface area (Å²) in [5.74, 6) is 0.695. The molecule has 7 nitrogen and oxygen atoms in total. The molecule has 8 heteroatoms. The van der Waals surface area contributed by atoms with E-state index in [9.17, 15) is 9.18 Å². The van der Waals surface area contributed by atoms with Crippen LogP contribution in [0.4, 0.5) is 16.0 Å². The summed E-state index contributed by atoms with van der Waals surface area (Å²) in [6.07, 6.45) is 3.48. The lowest BCUT2D eigenvalue weighted by molar-refractivity contribution is -0.136. The van der Waals surface area contributed by atoms with Crippen molar-refractivity contribution in [1.29, 1.82) is 0 Å². The molecule has 0 spiro atoms. The Morgan fingerprint density at radius 2 is 1.52 bits per heavy atom. The summed E-state index contributed by atoms with van der Waals surface area (Å²) in [4.78, 5) is 29.9. The Kier molecular flexibility index (Phi) is 5.89. The highest BCUT2D eigenvalue weighted by atomic mass is 19.1. The van der Waals surface area contributed by atoms with Crippen LogP contribution < -0.4 is 9.80 Å². The molecule has 1 aromatic carbocycles. The minimum Gasteiger partial charge on any atom is -0.367 e. The third-order valence-corrected chi connectivity index (χ3v) is 5.84. The predicted octanol–water partition coefficient (Wildman–Crippen LogP) is 1.47. The Bertz CT molecular complexity index is 819. The molecule has 4 rings (SSSR count). The molecule has 2 aliphatic rings. The van der Waals surface area contributed by atoms with Gasteiger partial charge in [-0.25, -0.2) is 14.4 Å². The summed E-state index contributed by atoms with van der Waals surface area (Å²) in [6, 6.07) is 8.51. The van der Waals surface area contributed by atoms with Gasteiger partial charge in [0.1, 0.15) is 5.82 Å². The van der Waals surface area contributed by atoms with Crippen LogP contribution in [0.3, 0.4) is 0 Å². The molecule has 1 amide bonds. The Hall–Kier alpha value is -2.74. The first-order chi connectivity index (χ1) is 14.1. The smallest absolute Gasteiger partial charge is 0.239 e. The molecular weight excluding hydrogens is 371 g/mol. The van der Waals surface area contributed by atoms with Gasteiger partial charge in [0.2, 0.25) is 11.9 Å². The van der Waals surface area contributed by atoms with Crippen molar-refractivity contribution in [3.8, 4) is 0 Å². The van der Waals surface area contributed by atoms with Gasteiger partial charge >= 0.3 is 0 Å². The lowest BCUT2D eigenvalue weighted by Gasteiger charge is -2.41. The number of carbonyl (C=O) groups excluding carboxylic acids is 1. The van der Waals surface area contributed by atoms with Gasteiger partial charge < -0.3 is 14.7 Å². The van der Waals surface area contributed by atoms with Crippen molar-refractivity contribution in [3.05, 3.63) is 48.5 Å². The van der Waals surface area contributed by atoms with E-state index < -0.39 is 0 Å². The number of hydrogen-bond acceptors (Lipinski definition) is 6.